The maximum atomic E-state index is 12.9. The van der Waals surface area contributed by atoms with Crippen LogP contribution < -0.4 is 15.5 Å². The third-order valence-electron chi connectivity index (χ3n) is 6.69. The smallest absolute Gasteiger partial charge is 0.381 e. The second-order valence-corrected chi connectivity index (χ2v) is 9.14. The van der Waals surface area contributed by atoms with E-state index in [1.807, 2.05) is 26.8 Å². The molecule has 3 aliphatic rings. The van der Waals surface area contributed by atoms with Gasteiger partial charge in [0, 0.05) is 43.3 Å². The summed E-state index contributed by atoms with van der Waals surface area (Å²) in [4.78, 5) is 8.45. The number of rotatable bonds is 4. The van der Waals surface area contributed by atoms with Crippen molar-refractivity contribution in [2.75, 3.05) is 29.9 Å². The molecule has 0 saturated carbocycles. The first kappa shape index (κ1) is 20.7. The summed E-state index contributed by atoms with van der Waals surface area (Å²) in [5.41, 5.74) is 2.02. The van der Waals surface area contributed by atoms with Crippen LogP contribution in [0.3, 0.4) is 0 Å². The SMILES string of the molecule is Cc1nc(N2CC(C)N(CC(F)(F)F)C(C)C2)ccc1NC1CC2CCC(C1)N2. The van der Waals surface area contributed by atoms with Crippen molar-refractivity contribution in [2.45, 2.75) is 82.8 Å². The van der Waals surface area contributed by atoms with Gasteiger partial charge in [-0.2, -0.15) is 13.2 Å². The highest BCUT2D eigenvalue weighted by Crippen LogP contribution is 2.31. The summed E-state index contributed by atoms with van der Waals surface area (Å²) >= 11 is 0. The van der Waals surface area contributed by atoms with E-state index in [0.29, 0.717) is 31.2 Å². The zero-order valence-electron chi connectivity index (χ0n) is 17.5. The number of aryl methyl sites for hydroxylation is 1. The first-order chi connectivity index (χ1) is 13.7. The molecule has 162 valence electrons. The highest BCUT2D eigenvalue weighted by Gasteiger charge is 2.38. The third-order valence-corrected chi connectivity index (χ3v) is 6.69. The van der Waals surface area contributed by atoms with E-state index in [-0.39, 0.29) is 12.1 Å². The molecular weight excluding hydrogens is 379 g/mol. The van der Waals surface area contributed by atoms with Crippen molar-refractivity contribution in [3.8, 4) is 0 Å². The Morgan fingerprint density at radius 1 is 1.10 bits per heavy atom. The molecular formula is C21H32F3N5. The van der Waals surface area contributed by atoms with Gasteiger partial charge in [0.1, 0.15) is 5.82 Å². The zero-order chi connectivity index (χ0) is 20.8. The van der Waals surface area contributed by atoms with Gasteiger partial charge < -0.3 is 15.5 Å². The van der Waals surface area contributed by atoms with E-state index in [4.69, 9.17) is 4.98 Å². The minimum Gasteiger partial charge on any atom is -0.381 e. The fourth-order valence-electron chi connectivity index (χ4n) is 5.33. The van der Waals surface area contributed by atoms with Crippen LogP contribution in [0.15, 0.2) is 12.1 Å². The van der Waals surface area contributed by atoms with Crippen molar-refractivity contribution in [1.29, 1.82) is 0 Å². The number of piperazine rings is 1. The van der Waals surface area contributed by atoms with E-state index in [9.17, 15) is 13.2 Å². The van der Waals surface area contributed by atoms with Gasteiger partial charge in [-0.1, -0.05) is 0 Å². The van der Waals surface area contributed by atoms with Crippen LogP contribution in [-0.2, 0) is 0 Å². The number of pyridine rings is 1. The lowest BCUT2D eigenvalue weighted by Crippen LogP contribution is -2.59. The van der Waals surface area contributed by atoms with Gasteiger partial charge in [-0.3, -0.25) is 4.90 Å². The summed E-state index contributed by atoms with van der Waals surface area (Å²) in [5.74, 6) is 0.851. The standard InChI is InChI=1S/C21H32F3N5/c1-13-10-28(11-14(2)29(13)12-21(22,23)24)20-7-6-19(15(3)25-20)27-18-8-16-4-5-17(9-18)26-16/h6-7,13-14,16-18,26-27H,4-5,8-12H2,1-3H3. The number of anilines is 2. The van der Waals surface area contributed by atoms with Crippen LogP contribution in [0, 0.1) is 6.92 Å². The Bertz CT molecular complexity index is 701. The lowest BCUT2D eigenvalue weighted by molar-refractivity contribution is -0.156. The Morgan fingerprint density at radius 3 is 2.28 bits per heavy atom. The fourth-order valence-corrected chi connectivity index (χ4v) is 5.33. The van der Waals surface area contributed by atoms with Crippen LogP contribution in [0.25, 0.3) is 0 Å². The molecule has 1 aromatic heterocycles. The van der Waals surface area contributed by atoms with E-state index in [2.05, 4.69) is 21.6 Å². The first-order valence-corrected chi connectivity index (χ1v) is 10.8. The molecule has 3 fully saturated rings. The van der Waals surface area contributed by atoms with Crippen LogP contribution >= 0.6 is 0 Å². The van der Waals surface area contributed by atoms with Crippen molar-refractivity contribution in [2.24, 2.45) is 0 Å². The van der Waals surface area contributed by atoms with Gasteiger partial charge in [-0.25, -0.2) is 4.98 Å². The molecule has 0 spiro atoms. The molecule has 29 heavy (non-hydrogen) atoms. The molecule has 0 radical (unpaired) electrons. The summed E-state index contributed by atoms with van der Waals surface area (Å²) < 4.78 is 38.6. The number of piperidine rings is 1. The van der Waals surface area contributed by atoms with Crippen molar-refractivity contribution in [3.05, 3.63) is 17.8 Å². The van der Waals surface area contributed by atoms with Crippen LogP contribution in [0.1, 0.15) is 45.2 Å². The summed E-state index contributed by atoms with van der Waals surface area (Å²) in [5, 5.41) is 7.34. The molecule has 2 bridgehead atoms. The predicted octanol–water partition coefficient (Wildman–Crippen LogP) is 3.55. The molecule has 4 atom stereocenters. The fraction of sp³-hybridized carbons (Fsp3) is 0.762. The van der Waals surface area contributed by atoms with Crippen LogP contribution in [0.2, 0.25) is 0 Å². The van der Waals surface area contributed by atoms with Gasteiger partial charge in [0.25, 0.3) is 0 Å². The van der Waals surface area contributed by atoms with Crippen molar-refractivity contribution >= 4 is 11.5 Å². The lowest BCUT2D eigenvalue weighted by atomic mass is 9.99. The molecule has 8 heteroatoms. The second kappa shape index (κ2) is 7.95. The average molecular weight is 412 g/mol. The number of halogens is 3. The molecule has 0 aliphatic carbocycles. The number of hydrogen-bond acceptors (Lipinski definition) is 5. The second-order valence-electron chi connectivity index (χ2n) is 9.14. The lowest BCUT2D eigenvalue weighted by Gasteiger charge is -2.45. The minimum absolute atomic E-state index is 0.175. The number of hydrogen-bond donors (Lipinski definition) is 2. The average Bonchev–Trinajstić information content (AvgIpc) is 2.97. The Balaban J connectivity index is 1.40. The largest absolute Gasteiger partial charge is 0.401 e. The number of nitrogens with one attached hydrogen (secondary N) is 2. The van der Waals surface area contributed by atoms with Crippen LogP contribution in [0.5, 0.6) is 0 Å². The number of fused-ring (bicyclic) bond motifs is 2. The molecule has 4 rings (SSSR count). The van der Waals surface area contributed by atoms with E-state index >= 15 is 0 Å². The van der Waals surface area contributed by atoms with E-state index in [1.54, 1.807) is 4.90 Å². The van der Waals surface area contributed by atoms with Crippen molar-refractivity contribution < 1.29 is 13.2 Å². The molecule has 0 aromatic carbocycles. The van der Waals surface area contributed by atoms with E-state index in [0.717, 1.165) is 30.0 Å². The maximum Gasteiger partial charge on any atom is 0.401 e. The summed E-state index contributed by atoms with van der Waals surface area (Å²) in [6, 6.07) is 5.48. The molecule has 4 unspecified atom stereocenters. The van der Waals surface area contributed by atoms with Crippen molar-refractivity contribution in [1.82, 2.24) is 15.2 Å². The minimum atomic E-state index is -4.17. The molecule has 2 N–H and O–H groups in total. The number of aromatic nitrogens is 1. The van der Waals surface area contributed by atoms with E-state index < -0.39 is 12.7 Å². The predicted molar refractivity (Wildman–Crippen MR) is 109 cm³/mol. The quantitative estimate of drug-likeness (QED) is 0.793. The highest BCUT2D eigenvalue weighted by molar-refractivity contribution is 5.54. The number of nitrogens with zero attached hydrogens (tertiary/aromatic N) is 3. The first-order valence-electron chi connectivity index (χ1n) is 10.8. The zero-order valence-corrected chi connectivity index (χ0v) is 17.5. The van der Waals surface area contributed by atoms with Crippen LogP contribution in [0.4, 0.5) is 24.7 Å². The number of alkyl halides is 3. The normalized spacial score (nSPS) is 33.2. The highest BCUT2D eigenvalue weighted by atomic mass is 19.4. The third kappa shape index (κ3) is 4.79. The maximum absolute atomic E-state index is 12.9. The molecule has 5 nitrogen and oxygen atoms in total. The van der Waals surface area contributed by atoms with Gasteiger partial charge in [-0.05, 0) is 58.6 Å². The van der Waals surface area contributed by atoms with Gasteiger partial charge in [0.05, 0.1) is 17.9 Å². The van der Waals surface area contributed by atoms with Gasteiger partial charge >= 0.3 is 6.18 Å². The van der Waals surface area contributed by atoms with Gasteiger partial charge in [0.15, 0.2) is 0 Å². The molecule has 0 amide bonds. The summed E-state index contributed by atoms with van der Waals surface area (Å²) in [6.45, 7) is 5.99. The molecule has 3 aliphatic heterocycles. The van der Waals surface area contributed by atoms with Crippen LogP contribution in [-0.4, -0.2) is 65.9 Å². The molecule has 3 saturated heterocycles. The van der Waals surface area contributed by atoms with E-state index in [1.165, 1.54) is 12.8 Å². The molecule has 4 heterocycles. The topological polar surface area (TPSA) is 43.4 Å². The Morgan fingerprint density at radius 2 is 1.72 bits per heavy atom. The Kier molecular flexibility index (Phi) is 5.68. The summed E-state index contributed by atoms with van der Waals surface area (Å²) in [7, 11) is 0. The Labute approximate surface area is 171 Å². The molecule has 1 aromatic rings. The Hall–Kier alpha value is -1.54. The van der Waals surface area contributed by atoms with Gasteiger partial charge in [-0.15, -0.1) is 0 Å². The summed E-state index contributed by atoms with van der Waals surface area (Å²) in [6.07, 6.45) is 0.675. The van der Waals surface area contributed by atoms with Gasteiger partial charge in [0.2, 0.25) is 0 Å². The monoisotopic (exact) mass is 411 g/mol. The van der Waals surface area contributed by atoms with Crippen molar-refractivity contribution in [3.63, 3.8) is 0 Å².